The standard InChI is InChI=1S/C16H12BrNO3/c17-9-15(19)16-13-7-6-12(8-14(13)18-21-16)20-10-11-4-2-1-3-5-11/h1-8H,9-10H2. The van der Waals surface area contributed by atoms with E-state index in [1.165, 1.54) is 0 Å². The van der Waals surface area contributed by atoms with Crippen LogP contribution in [0.15, 0.2) is 53.1 Å². The maximum atomic E-state index is 11.7. The second kappa shape index (κ2) is 6.10. The fourth-order valence-corrected chi connectivity index (χ4v) is 2.27. The molecule has 3 rings (SSSR count). The minimum atomic E-state index is -0.129. The number of halogens is 1. The van der Waals surface area contributed by atoms with E-state index >= 15 is 0 Å². The van der Waals surface area contributed by atoms with Crippen molar-refractivity contribution in [1.82, 2.24) is 5.16 Å². The van der Waals surface area contributed by atoms with Crippen LogP contribution in [0.3, 0.4) is 0 Å². The normalized spacial score (nSPS) is 10.7. The van der Waals surface area contributed by atoms with Crippen molar-refractivity contribution in [2.45, 2.75) is 6.61 Å². The van der Waals surface area contributed by atoms with E-state index < -0.39 is 0 Å². The van der Waals surface area contributed by atoms with Crippen LogP contribution in [-0.2, 0) is 6.61 Å². The number of benzene rings is 2. The van der Waals surface area contributed by atoms with Crippen molar-refractivity contribution in [1.29, 1.82) is 0 Å². The van der Waals surface area contributed by atoms with Crippen molar-refractivity contribution in [2.24, 2.45) is 0 Å². The summed E-state index contributed by atoms with van der Waals surface area (Å²) in [5, 5.41) is 4.82. The zero-order valence-corrected chi connectivity index (χ0v) is 12.7. The Morgan fingerprint density at radius 3 is 2.76 bits per heavy atom. The molecule has 106 valence electrons. The van der Waals surface area contributed by atoms with E-state index in [9.17, 15) is 4.79 Å². The molecule has 0 aliphatic heterocycles. The van der Waals surface area contributed by atoms with Crippen molar-refractivity contribution < 1.29 is 14.1 Å². The summed E-state index contributed by atoms with van der Waals surface area (Å²) in [6.07, 6.45) is 0. The maximum Gasteiger partial charge on any atom is 0.211 e. The Bertz CT molecular complexity index is 768. The number of carbonyl (C=O) groups is 1. The number of fused-ring (bicyclic) bond motifs is 1. The molecule has 0 saturated heterocycles. The molecule has 0 radical (unpaired) electrons. The van der Waals surface area contributed by atoms with Crippen molar-refractivity contribution in [2.75, 3.05) is 5.33 Å². The van der Waals surface area contributed by atoms with Gasteiger partial charge >= 0.3 is 0 Å². The van der Waals surface area contributed by atoms with Gasteiger partial charge in [-0.05, 0) is 17.7 Å². The van der Waals surface area contributed by atoms with Crippen molar-refractivity contribution in [3.05, 3.63) is 59.9 Å². The SMILES string of the molecule is O=C(CBr)c1onc2cc(OCc3ccccc3)ccc12. The van der Waals surface area contributed by atoms with Crippen LogP contribution in [0, 0.1) is 0 Å². The van der Waals surface area contributed by atoms with Crippen LogP contribution < -0.4 is 4.74 Å². The molecular weight excluding hydrogens is 334 g/mol. The van der Waals surface area contributed by atoms with Crippen molar-refractivity contribution in [3.63, 3.8) is 0 Å². The molecule has 0 amide bonds. The molecule has 0 saturated carbocycles. The summed E-state index contributed by atoms with van der Waals surface area (Å²) in [6.45, 7) is 0.484. The molecule has 0 unspecified atom stereocenters. The number of Topliss-reactive ketones (excluding diaryl/α,β-unsaturated/α-hetero) is 1. The molecule has 4 nitrogen and oxygen atoms in total. The van der Waals surface area contributed by atoms with E-state index in [1.54, 1.807) is 12.1 Å². The highest BCUT2D eigenvalue weighted by molar-refractivity contribution is 9.09. The van der Waals surface area contributed by atoms with E-state index in [4.69, 9.17) is 9.26 Å². The lowest BCUT2D eigenvalue weighted by Crippen LogP contribution is -1.98. The van der Waals surface area contributed by atoms with Gasteiger partial charge in [0.2, 0.25) is 11.5 Å². The summed E-state index contributed by atoms with van der Waals surface area (Å²) in [5.41, 5.74) is 1.71. The van der Waals surface area contributed by atoms with Crippen LogP contribution >= 0.6 is 15.9 Å². The largest absolute Gasteiger partial charge is 0.489 e. The molecule has 21 heavy (non-hydrogen) atoms. The summed E-state index contributed by atoms with van der Waals surface area (Å²) in [4.78, 5) is 11.7. The molecule has 0 fully saturated rings. The number of hydrogen-bond donors (Lipinski definition) is 0. The number of ether oxygens (including phenoxy) is 1. The predicted octanol–water partition coefficient (Wildman–Crippen LogP) is 3.98. The average molecular weight is 346 g/mol. The molecule has 0 N–H and O–H groups in total. The molecular formula is C16H12BrNO3. The second-order valence-corrected chi connectivity index (χ2v) is 5.08. The molecule has 0 spiro atoms. The Balaban J connectivity index is 1.80. The number of rotatable bonds is 5. The minimum Gasteiger partial charge on any atom is -0.489 e. The van der Waals surface area contributed by atoms with Gasteiger partial charge in [-0.3, -0.25) is 4.79 Å². The Morgan fingerprint density at radius 1 is 1.19 bits per heavy atom. The monoisotopic (exact) mass is 345 g/mol. The van der Waals surface area contributed by atoms with Gasteiger partial charge in [-0.25, -0.2) is 0 Å². The number of ketones is 1. The molecule has 2 aromatic carbocycles. The van der Waals surface area contributed by atoms with Crippen LogP contribution in [-0.4, -0.2) is 16.3 Å². The number of aromatic nitrogens is 1. The fraction of sp³-hybridized carbons (Fsp3) is 0.125. The molecule has 1 aromatic heterocycles. The van der Waals surface area contributed by atoms with Gasteiger partial charge in [0.1, 0.15) is 17.9 Å². The topological polar surface area (TPSA) is 52.3 Å². The first-order chi connectivity index (χ1) is 10.3. The highest BCUT2D eigenvalue weighted by Gasteiger charge is 2.15. The molecule has 0 bridgehead atoms. The molecule has 1 heterocycles. The van der Waals surface area contributed by atoms with Crippen LogP contribution in [0.2, 0.25) is 0 Å². The van der Waals surface area contributed by atoms with Gasteiger partial charge < -0.3 is 9.26 Å². The molecule has 0 atom stereocenters. The number of nitrogens with zero attached hydrogens (tertiary/aromatic N) is 1. The average Bonchev–Trinajstić information content (AvgIpc) is 2.96. The number of alkyl halides is 1. The fourth-order valence-electron chi connectivity index (χ4n) is 2.02. The first-order valence-corrected chi connectivity index (χ1v) is 7.55. The lowest BCUT2D eigenvalue weighted by atomic mass is 10.2. The zero-order valence-electron chi connectivity index (χ0n) is 11.1. The Kier molecular flexibility index (Phi) is 4.01. The molecule has 0 aliphatic carbocycles. The van der Waals surface area contributed by atoms with Crippen LogP contribution in [0.5, 0.6) is 5.75 Å². The van der Waals surface area contributed by atoms with Crippen molar-refractivity contribution in [3.8, 4) is 5.75 Å². The summed E-state index contributed by atoms with van der Waals surface area (Å²) >= 11 is 3.13. The van der Waals surface area contributed by atoms with Gasteiger partial charge in [-0.15, -0.1) is 0 Å². The maximum absolute atomic E-state index is 11.7. The minimum absolute atomic E-state index is 0.129. The van der Waals surface area contributed by atoms with Gasteiger partial charge in [0.25, 0.3) is 0 Å². The van der Waals surface area contributed by atoms with Crippen LogP contribution in [0.25, 0.3) is 10.9 Å². The van der Waals surface area contributed by atoms with Gasteiger partial charge in [0, 0.05) is 6.07 Å². The van der Waals surface area contributed by atoms with E-state index in [0.29, 0.717) is 23.3 Å². The number of hydrogen-bond acceptors (Lipinski definition) is 4. The second-order valence-electron chi connectivity index (χ2n) is 4.52. The first kappa shape index (κ1) is 13.8. The highest BCUT2D eigenvalue weighted by atomic mass is 79.9. The van der Waals surface area contributed by atoms with E-state index in [1.807, 2.05) is 36.4 Å². The summed E-state index contributed by atoms with van der Waals surface area (Å²) < 4.78 is 10.8. The lowest BCUT2D eigenvalue weighted by molar-refractivity contribution is 0.0987. The Morgan fingerprint density at radius 2 is 2.00 bits per heavy atom. The predicted molar refractivity (Wildman–Crippen MR) is 82.9 cm³/mol. The third kappa shape index (κ3) is 2.97. The van der Waals surface area contributed by atoms with E-state index in [-0.39, 0.29) is 16.9 Å². The van der Waals surface area contributed by atoms with Gasteiger partial charge in [0.15, 0.2) is 0 Å². The first-order valence-electron chi connectivity index (χ1n) is 6.43. The summed E-state index contributed by atoms with van der Waals surface area (Å²) in [7, 11) is 0. The molecule has 5 heteroatoms. The third-order valence-corrected chi connectivity index (χ3v) is 3.58. The Hall–Kier alpha value is -2.14. The van der Waals surface area contributed by atoms with Crippen molar-refractivity contribution >= 4 is 32.6 Å². The Labute approximate surface area is 129 Å². The quantitative estimate of drug-likeness (QED) is 0.518. The summed E-state index contributed by atoms with van der Waals surface area (Å²) in [6, 6.07) is 15.3. The zero-order chi connectivity index (χ0) is 14.7. The van der Waals surface area contributed by atoms with E-state index in [2.05, 4.69) is 21.1 Å². The molecule has 0 aliphatic rings. The third-order valence-electron chi connectivity index (χ3n) is 3.07. The van der Waals surface area contributed by atoms with Crippen LogP contribution in [0.1, 0.15) is 16.1 Å². The van der Waals surface area contributed by atoms with Gasteiger partial charge in [-0.1, -0.05) is 51.4 Å². The smallest absolute Gasteiger partial charge is 0.211 e. The van der Waals surface area contributed by atoms with E-state index in [0.717, 1.165) is 5.56 Å². The van der Waals surface area contributed by atoms with Gasteiger partial charge in [0.05, 0.1) is 10.7 Å². The van der Waals surface area contributed by atoms with Gasteiger partial charge in [-0.2, -0.15) is 0 Å². The summed E-state index contributed by atoms with van der Waals surface area (Å²) in [5.74, 6) is 0.837. The molecule has 3 aromatic rings. The number of carbonyl (C=O) groups excluding carboxylic acids is 1. The van der Waals surface area contributed by atoms with Crippen LogP contribution in [0.4, 0.5) is 0 Å². The highest BCUT2D eigenvalue weighted by Crippen LogP contribution is 2.24. The lowest BCUT2D eigenvalue weighted by Gasteiger charge is -2.05.